The van der Waals surface area contributed by atoms with Gasteiger partial charge in [-0.15, -0.1) is 0 Å². The number of unbranched alkanes of at least 4 members (excludes halogenated alkanes) is 2. The highest BCUT2D eigenvalue weighted by Gasteiger charge is 2.11. The molecule has 0 unspecified atom stereocenters. The second-order valence-corrected chi connectivity index (χ2v) is 6.78. The molecule has 0 radical (unpaired) electrons. The summed E-state index contributed by atoms with van der Waals surface area (Å²) in [6.07, 6.45) is 3.61. The summed E-state index contributed by atoms with van der Waals surface area (Å²) < 4.78 is 37.4. The Morgan fingerprint density at radius 3 is 2.30 bits per heavy atom. The molecule has 0 atom stereocenters. The molecule has 1 rings (SSSR count). The zero-order chi connectivity index (χ0) is 14.8. The third-order valence-corrected chi connectivity index (χ3v) is 5.40. The summed E-state index contributed by atoms with van der Waals surface area (Å²) >= 11 is 0. The predicted octanol–water partition coefficient (Wildman–Crippen LogP) is 3.97. The van der Waals surface area contributed by atoms with Gasteiger partial charge in [-0.1, -0.05) is 18.9 Å². The number of aryl methyl sites for hydroxylation is 1. The Kier molecular flexibility index (Phi) is 8.65. The average Bonchev–Trinajstić information content (AvgIpc) is 2.41. The molecule has 20 heavy (non-hydrogen) atoms. The minimum absolute atomic E-state index is 0.444. The van der Waals surface area contributed by atoms with Crippen LogP contribution in [0.25, 0.3) is 0 Å². The van der Waals surface area contributed by atoms with Crippen LogP contribution < -0.4 is 0 Å². The van der Waals surface area contributed by atoms with Crippen molar-refractivity contribution in [1.29, 1.82) is 0 Å². The van der Waals surface area contributed by atoms with Crippen molar-refractivity contribution in [3.8, 4) is 0 Å². The van der Waals surface area contributed by atoms with Gasteiger partial charge in [0.25, 0.3) is 0 Å². The molecule has 0 aliphatic heterocycles. The lowest BCUT2D eigenvalue weighted by Gasteiger charge is -2.14. The molecule has 0 aromatic heterocycles. The fourth-order valence-electron chi connectivity index (χ4n) is 2.11. The normalized spacial score (nSPS) is 11.2. The zero-order valence-electron chi connectivity index (χ0n) is 12.3. The van der Waals surface area contributed by atoms with Crippen LogP contribution in [0.3, 0.4) is 0 Å². The first-order chi connectivity index (χ1) is 9.67. The van der Waals surface area contributed by atoms with Crippen LogP contribution in [0.2, 0.25) is 6.04 Å². The van der Waals surface area contributed by atoms with E-state index >= 15 is 0 Å². The molecular weight excluding hydrogens is 278 g/mol. The highest BCUT2D eigenvalue weighted by atomic mass is 28.3. The largest absolute Gasteiger partial charge is 0.397 e. The first-order valence-corrected chi connectivity index (χ1v) is 9.10. The minimum atomic E-state index is -1.49. The molecular formula is C15H24F2O2Si. The first-order valence-electron chi connectivity index (χ1n) is 7.34. The number of hydrogen-bond acceptors (Lipinski definition) is 2. The molecule has 0 saturated carbocycles. The molecule has 0 N–H and O–H groups in total. The highest BCUT2D eigenvalue weighted by molar-refractivity contribution is 6.44. The van der Waals surface area contributed by atoms with Gasteiger partial charge in [0.2, 0.25) is 0 Å². The van der Waals surface area contributed by atoms with Crippen LogP contribution in [0.5, 0.6) is 0 Å². The quantitative estimate of drug-likeness (QED) is 0.481. The number of benzene rings is 1. The third-order valence-electron chi connectivity index (χ3n) is 3.11. The van der Waals surface area contributed by atoms with E-state index in [1.807, 2.05) is 13.8 Å². The van der Waals surface area contributed by atoms with Crippen molar-refractivity contribution >= 4 is 9.28 Å². The number of hydrogen-bond donors (Lipinski definition) is 0. The molecule has 0 aliphatic carbocycles. The molecule has 0 amide bonds. The predicted molar refractivity (Wildman–Crippen MR) is 79.1 cm³/mol. The third kappa shape index (κ3) is 6.59. The van der Waals surface area contributed by atoms with Crippen molar-refractivity contribution in [3.05, 3.63) is 35.4 Å². The maximum absolute atomic E-state index is 13.4. The fraction of sp³-hybridized carbons (Fsp3) is 0.600. The Bertz CT molecular complexity index is 382. The monoisotopic (exact) mass is 302 g/mol. The van der Waals surface area contributed by atoms with Crippen LogP contribution in [-0.2, 0) is 15.3 Å². The first kappa shape index (κ1) is 17.3. The number of rotatable bonds is 10. The second-order valence-electron chi connectivity index (χ2n) is 4.68. The van der Waals surface area contributed by atoms with Crippen LogP contribution in [0, 0.1) is 11.6 Å². The molecule has 0 fully saturated rings. The van der Waals surface area contributed by atoms with E-state index in [2.05, 4.69) is 0 Å². The van der Waals surface area contributed by atoms with Crippen LogP contribution in [0.15, 0.2) is 18.2 Å². The van der Waals surface area contributed by atoms with E-state index in [4.69, 9.17) is 8.85 Å². The van der Waals surface area contributed by atoms with Gasteiger partial charge in [0.15, 0.2) is 0 Å². The summed E-state index contributed by atoms with van der Waals surface area (Å²) in [4.78, 5) is 0. The Morgan fingerprint density at radius 2 is 1.70 bits per heavy atom. The highest BCUT2D eigenvalue weighted by Crippen LogP contribution is 2.14. The van der Waals surface area contributed by atoms with Crippen molar-refractivity contribution in [3.63, 3.8) is 0 Å². The maximum atomic E-state index is 13.4. The van der Waals surface area contributed by atoms with Crippen LogP contribution in [0.1, 0.15) is 38.7 Å². The molecule has 0 aliphatic rings. The maximum Gasteiger partial charge on any atom is 0.321 e. The topological polar surface area (TPSA) is 18.5 Å². The van der Waals surface area contributed by atoms with E-state index in [1.54, 1.807) is 0 Å². The van der Waals surface area contributed by atoms with Gasteiger partial charge < -0.3 is 8.85 Å². The molecule has 2 nitrogen and oxygen atoms in total. The lowest BCUT2D eigenvalue weighted by Crippen LogP contribution is -2.22. The van der Waals surface area contributed by atoms with Gasteiger partial charge in [-0.25, -0.2) is 8.78 Å². The van der Waals surface area contributed by atoms with Crippen LogP contribution >= 0.6 is 0 Å². The van der Waals surface area contributed by atoms with Gasteiger partial charge >= 0.3 is 9.28 Å². The van der Waals surface area contributed by atoms with E-state index in [0.717, 1.165) is 31.4 Å². The van der Waals surface area contributed by atoms with Crippen molar-refractivity contribution < 1.29 is 17.6 Å². The number of halogens is 2. The van der Waals surface area contributed by atoms with Gasteiger partial charge in [-0.2, -0.15) is 0 Å². The second kappa shape index (κ2) is 10.0. The SMILES string of the molecule is CCO[SiH](CCCCCc1ccc(F)cc1F)OCC. The standard InChI is InChI=1S/C15H24F2O2Si/c1-3-18-20(19-4-2)11-7-5-6-8-13-9-10-14(16)12-15(13)17/h9-10,12,20H,3-8,11H2,1-2H3. The molecule has 5 heteroatoms. The summed E-state index contributed by atoms with van der Waals surface area (Å²) in [6.45, 7) is 5.38. The Morgan fingerprint density at radius 1 is 1.00 bits per heavy atom. The van der Waals surface area contributed by atoms with Gasteiger partial charge in [0.1, 0.15) is 11.6 Å². The Balaban J connectivity index is 2.20. The summed E-state index contributed by atoms with van der Waals surface area (Å²) in [5.74, 6) is -0.964. The van der Waals surface area contributed by atoms with Crippen molar-refractivity contribution in [1.82, 2.24) is 0 Å². The lowest BCUT2D eigenvalue weighted by atomic mass is 10.1. The molecule has 1 aromatic carbocycles. The van der Waals surface area contributed by atoms with Crippen molar-refractivity contribution in [2.45, 2.75) is 45.6 Å². The fourth-order valence-corrected chi connectivity index (χ4v) is 3.91. The molecule has 0 saturated heterocycles. The summed E-state index contributed by atoms with van der Waals surface area (Å²) in [6, 6.07) is 4.78. The van der Waals surface area contributed by atoms with E-state index in [0.29, 0.717) is 25.2 Å². The van der Waals surface area contributed by atoms with E-state index in [1.165, 1.54) is 12.1 Å². The summed E-state index contributed by atoms with van der Waals surface area (Å²) in [5.41, 5.74) is 0.592. The van der Waals surface area contributed by atoms with E-state index in [9.17, 15) is 8.78 Å². The van der Waals surface area contributed by atoms with Gasteiger partial charge in [-0.3, -0.25) is 0 Å². The zero-order valence-corrected chi connectivity index (χ0v) is 13.5. The Labute approximate surface area is 121 Å². The molecule has 114 valence electrons. The molecule has 0 bridgehead atoms. The average molecular weight is 302 g/mol. The Hall–Kier alpha value is -0.783. The van der Waals surface area contributed by atoms with Gasteiger partial charge in [0, 0.05) is 19.3 Å². The van der Waals surface area contributed by atoms with Crippen molar-refractivity contribution in [2.75, 3.05) is 13.2 Å². The smallest absolute Gasteiger partial charge is 0.321 e. The summed E-state index contributed by atoms with van der Waals surface area (Å²) in [5, 5.41) is 0. The minimum Gasteiger partial charge on any atom is -0.397 e. The molecule has 1 aromatic rings. The molecule has 0 spiro atoms. The van der Waals surface area contributed by atoms with Crippen LogP contribution in [0.4, 0.5) is 8.78 Å². The lowest BCUT2D eigenvalue weighted by molar-refractivity contribution is 0.212. The van der Waals surface area contributed by atoms with E-state index in [-0.39, 0.29) is 0 Å². The van der Waals surface area contributed by atoms with Gasteiger partial charge in [0.05, 0.1) is 0 Å². The van der Waals surface area contributed by atoms with E-state index < -0.39 is 20.9 Å². The molecule has 0 heterocycles. The van der Waals surface area contributed by atoms with Crippen molar-refractivity contribution in [2.24, 2.45) is 0 Å². The van der Waals surface area contributed by atoms with Gasteiger partial charge in [-0.05, 0) is 44.4 Å². The van der Waals surface area contributed by atoms with Crippen LogP contribution in [-0.4, -0.2) is 22.5 Å². The summed E-state index contributed by atoms with van der Waals surface area (Å²) in [7, 11) is -1.49.